The molecule has 1 aromatic carbocycles. The molecule has 0 heterocycles. The molecule has 0 atom stereocenters. The number of carboxylic acid groups (broad SMARTS) is 1. The van der Waals surface area contributed by atoms with Gasteiger partial charge in [0.05, 0.1) is 21.7 Å². The van der Waals surface area contributed by atoms with Gasteiger partial charge in [-0.1, -0.05) is 17.7 Å². The Morgan fingerprint density at radius 2 is 1.90 bits per heavy atom. The molecule has 0 radical (unpaired) electrons. The zero-order valence-electron chi connectivity index (χ0n) is 10.1. The Morgan fingerprint density at radius 1 is 1.20 bits per heavy atom. The van der Waals surface area contributed by atoms with Crippen LogP contribution in [0.1, 0.15) is 0 Å². The van der Waals surface area contributed by atoms with Crippen molar-refractivity contribution >= 4 is 51.1 Å². The number of hydrogen-bond donors (Lipinski definition) is 4. The summed E-state index contributed by atoms with van der Waals surface area (Å²) in [5.41, 5.74) is 0.445. The van der Waals surface area contributed by atoms with Crippen LogP contribution in [-0.2, 0) is 9.59 Å². The van der Waals surface area contributed by atoms with Crippen LogP contribution in [0, 0.1) is 0 Å². The number of carbonyl (C=O) groups excluding carboxylic acids is 2. The number of carboxylic acids is 1. The first-order chi connectivity index (χ1) is 9.40. The second-order valence-electron chi connectivity index (χ2n) is 3.58. The van der Waals surface area contributed by atoms with Gasteiger partial charge >= 0.3 is 12.0 Å². The predicted molar refractivity (Wildman–Crippen MR) is 76.8 cm³/mol. The van der Waals surface area contributed by atoms with Gasteiger partial charge in [-0.2, -0.15) is 0 Å². The third-order valence-corrected chi connectivity index (χ3v) is 3.44. The van der Waals surface area contributed by atoms with Gasteiger partial charge in [0, 0.05) is 0 Å². The maximum absolute atomic E-state index is 11.5. The normalized spacial score (nSPS) is 9.70. The topological polar surface area (TPSA) is 108 Å². The second kappa shape index (κ2) is 7.71. The van der Waals surface area contributed by atoms with Crippen LogP contribution < -0.4 is 16.0 Å². The van der Waals surface area contributed by atoms with Crippen LogP contribution in [0.2, 0.25) is 5.02 Å². The molecule has 0 fully saturated rings. The fourth-order valence-electron chi connectivity index (χ4n) is 1.16. The van der Waals surface area contributed by atoms with Crippen molar-refractivity contribution in [3.8, 4) is 0 Å². The van der Waals surface area contributed by atoms with E-state index in [-0.39, 0.29) is 6.54 Å². The maximum atomic E-state index is 11.5. The number of aliphatic carboxylic acids is 1. The summed E-state index contributed by atoms with van der Waals surface area (Å²) in [5.74, 6) is -1.77. The number of urea groups is 1. The second-order valence-corrected chi connectivity index (χ2v) is 4.78. The molecule has 0 aliphatic heterocycles. The largest absolute Gasteiger partial charge is 0.480 e. The standard InChI is InChI=1S/C11H11BrClN3O4/c12-10-6(13)2-1-3-7(10)16-11(20)15-4-8(17)14-5-9(18)19/h1-3H,4-5H2,(H,14,17)(H,18,19)(H2,15,16,20). The average Bonchev–Trinajstić information content (AvgIpc) is 2.39. The van der Waals surface area contributed by atoms with Crippen LogP contribution >= 0.6 is 27.5 Å². The van der Waals surface area contributed by atoms with Crippen molar-refractivity contribution in [3.05, 3.63) is 27.7 Å². The number of rotatable bonds is 5. The molecule has 0 aromatic heterocycles. The van der Waals surface area contributed by atoms with Gasteiger partial charge in [-0.25, -0.2) is 4.79 Å². The first-order valence-electron chi connectivity index (χ1n) is 5.37. The highest BCUT2D eigenvalue weighted by atomic mass is 79.9. The van der Waals surface area contributed by atoms with Gasteiger partial charge in [0.15, 0.2) is 0 Å². The summed E-state index contributed by atoms with van der Waals surface area (Å²) in [6, 6.07) is 4.31. The van der Waals surface area contributed by atoms with Gasteiger partial charge in [-0.3, -0.25) is 9.59 Å². The van der Waals surface area contributed by atoms with Crippen LogP contribution in [0.15, 0.2) is 22.7 Å². The van der Waals surface area contributed by atoms with E-state index in [0.29, 0.717) is 15.2 Å². The minimum Gasteiger partial charge on any atom is -0.480 e. The minimum absolute atomic E-state index is 0.336. The molecule has 0 bridgehead atoms. The van der Waals surface area contributed by atoms with Crippen LogP contribution in [0.25, 0.3) is 0 Å². The highest BCUT2D eigenvalue weighted by Crippen LogP contribution is 2.29. The molecule has 0 aliphatic carbocycles. The van der Waals surface area contributed by atoms with E-state index in [1.165, 1.54) is 0 Å². The van der Waals surface area contributed by atoms with Crippen molar-refractivity contribution < 1.29 is 19.5 Å². The number of anilines is 1. The summed E-state index contributed by atoms with van der Waals surface area (Å²) in [4.78, 5) is 32.9. The molecule has 7 nitrogen and oxygen atoms in total. The minimum atomic E-state index is -1.16. The van der Waals surface area contributed by atoms with E-state index >= 15 is 0 Å². The Hall–Kier alpha value is -1.80. The van der Waals surface area contributed by atoms with E-state index in [0.717, 1.165) is 0 Å². The lowest BCUT2D eigenvalue weighted by Crippen LogP contribution is -2.40. The van der Waals surface area contributed by atoms with Gasteiger partial charge in [0.1, 0.15) is 6.54 Å². The summed E-state index contributed by atoms with van der Waals surface area (Å²) >= 11 is 9.07. The van der Waals surface area contributed by atoms with Crippen LogP contribution in [0.5, 0.6) is 0 Å². The molecule has 0 unspecified atom stereocenters. The third-order valence-electron chi connectivity index (χ3n) is 2.05. The van der Waals surface area contributed by atoms with E-state index in [4.69, 9.17) is 16.7 Å². The predicted octanol–water partition coefficient (Wildman–Crippen LogP) is 1.42. The SMILES string of the molecule is O=C(O)CNC(=O)CNC(=O)Nc1cccc(Cl)c1Br. The van der Waals surface area contributed by atoms with Crippen LogP contribution in [0.4, 0.5) is 10.5 Å². The molecule has 1 rings (SSSR count). The molecule has 20 heavy (non-hydrogen) atoms. The summed E-state index contributed by atoms with van der Waals surface area (Å²) in [6.07, 6.45) is 0. The summed E-state index contributed by atoms with van der Waals surface area (Å²) in [5, 5.41) is 15.7. The van der Waals surface area contributed by atoms with Crippen LogP contribution in [0.3, 0.4) is 0 Å². The Kier molecular flexibility index (Phi) is 6.26. The molecule has 0 saturated heterocycles. The van der Waals surface area contributed by atoms with Crippen molar-refractivity contribution in [3.63, 3.8) is 0 Å². The average molecular weight is 365 g/mol. The Morgan fingerprint density at radius 3 is 2.55 bits per heavy atom. The highest BCUT2D eigenvalue weighted by Gasteiger charge is 2.09. The lowest BCUT2D eigenvalue weighted by Gasteiger charge is -2.09. The summed E-state index contributed by atoms with van der Waals surface area (Å²) in [7, 11) is 0. The molecule has 4 N–H and O–H groups in total. The number of nitrogens with one attached hydrogen (secondary N) is 3. The molecule has 9 heteroatoms. The zero-order chi connectivity index (χ0) is 15.1. The third kappa shape index (κ3) is 5.45. The van der Waals surface area contributed by atoms with Crippen molar-refractivity contribution in [2.45, 2.75) is 0 Å². The number of carbonyl (C=O) groups is 3. The van der Waals surface area contributed by atoms with E-state index < -0.39 is 24.5 Å². The van der Waals surface area contributed by atoms with Crippen molar-refractivity contribution in [2.24, 2.45) is 0 Å². The molecule has 1 aromatic rings. The molecule has 3 amide bonds. The Balaban J connectivity index is 2.42. The number of hydrogen-bond acceptors (Lipinski definition) is 3. The van der Waals surface area contributed by atoms with Gasteiger partial charge in [0.25, 0.3) is 0 Å². The molecule has 0 saturated carbocycles. The molecule has 0 aliphatic rings. The lowest BCUT2D eigenvalue weighted by molar-refractivity contribution is -0.137. The fourth-order valence-corrected chi connectivity index (χ4v) is 1.70. The van der Waals surface area contributed by atoms with Crippen molar-refractivity contribution in [1.29, 1.82) is 0 Å². The Bertz CT molecular complexity index is 538. The van der Waals surface area contributed by atoms with Gasteiger partial charge in [-0.05, 0) is 28.1 Å². The van der Waals surface area contributed by atoms with Crippen molar-refractivity contribution in [1.82, 2.24) is 10.6 Å². The maximum Gasteiger partial charge on any atom is 0.322 e. The number of amides is 3. The number of halogens is 2. The van der Waals surface area contributed by atoms with Gasteiger partial charge in [0.2, 0.25) is 5.91 Å². The zero-order valence-corrected chi connectivity index (χ0v) is 12.4. The summed E-state index contributed by atoms with van der Waals surface area (Å²) in [6.45, 7) is -0.834. The number of benzene rings is 1. The lowest BCUT2D eigenvalue weighted by atomic mass is 10.3. The molecular weight excluding hydrogens is 353 g/mol. The molecular formula is C11H11BrClN3O4. The monoisotopic (exact) mass is 363 g/mol. The highest BCUT2D eigenvalue weighted by molar-refractivity contribution is 9.10. The first-order valence-corrected chi connectivity index (χ1v) is 6.54. The van der Waals surface area contributed by atoms with Gasteiger partial charge < -0.3 is 21.1 Å². The van der Waals surface area contributed by atoms with E-state index in [1.807, 2.05) is 0 Å². The quantitative estimate of drug-likeness (QED) is 0.634. The van der Waals surface area contributed by atoms with Crippen LogP contribution in [-0.4, -0.2) is 36.1 Å². The smallest absolute Gasteiger partial charge is 0.322 e. The van der Waals surface area contributed by atoms with E-state index in [9.17, 15) is 14.4 Å². The molecule has 0 spiro atoms. The Labute approximate surface area is 127 Å². The van der Waals surface area contributed by atoms with Crippen molar-refractivity contribution in [2.75, 3.05) is 18.4 Å². The fraction of sp³-hybridized carbons (Fsp3) is 0.182. The van der Waals surface area contributed by atoms with Gasteiger partial charge in [-0.15, -0.1) is 0 Å². The van der Waals surface area contributed by atoms with E-state index in [1.54, 1.807) is 18.2 Å². The van der Waals surface area contributed by atoms with E-state index in [2.05, 4.69) is 31.9 Å². The molecule has 108 valence electrons. The summed E-state index contributed by atoms with van der Waals surface area (Å²) < 4.78 is 0.521. The first kappa shape index (κ1) is 16.3.